The molecule has 0 heterocycles. The van der Waals surface area contributed by atoms with Crippen molar-refractivity contribution in [3.63, 3.8) is 0 Å². The molecule has 0 aliphatic rings. The maximum absolute atomic E-state index is 8.29. The van der Waals surface area contributed by atoms with E-state index in [2.05, 4.69) is 11.8 Å². The molecular weight excluding hydrogens is 112 g/mol. The van der Waals surface area contributed by atoms with Crippen LogP contribution in [0.25, 0.3) is 0 Å². The van der Waals surface area contributed by atoms with Gasteiger partial charge in [0.05, 0.1) is 0 Å². The Bertz CT molecular complexity index is 255. The average molecular weight is 129 g/mol. The van der Waals surface area contributed by atoms with Crippen LogP contribution in [0.3, 0.4) is 0 Å². The average Bonchev–Trinajstić information content (AvgIpc) is 2.02. The van der Waals surface area contributed by atoms with Gasteiger partial charge in [-0.3, -0.25) is 0 Å². The van der Waals surface area contributed by atoms with E-state index in [9.17, 15) is 0 Å². The van der Waals surface area contributed by atoms with Crippen LogP contribution in [0.2, 0.25) is 0 Å². The molecule has 0 spiro atoms. The smallest absolute Gasteiger partial charge is 0.104 e. The zero-order valence-corrected chi connectivity index (χ0v) is 5.02. The maximum Gasteiger partial charge on any atom is 0.104 e. The Hall–Kier alpha value is -0.740. The number of hydrogen-bond donors (Lipinski definition) is 1. The summed E-state index contributed by atoms with van der Waals surface area (Å²) in [5, 5.41) is 8.29. The molecule has 0 unspecified atom stereocenters. The summed E-state index contributed by atoms with van der Waals surface area (Å²) in [5.74, 6) is 4.89. The predicted molar refractivity (Wildman–Crippen MR) is 38.9 cm³/mol. The highest BCUT2D eigenvalue weighted by atomic mass is 16.2. The van der Waals surface area contributed by atoms with Gasteiger partial charge in [0.2, 0.25) is 0 Å². The van der Waals surface area contributed by atoms with Crippen molar-refractivity contribution < 1.29 is 12.0 Å². The molecule has 9 heavy (non-hydrogen) atoms. The molecule has 1 heteroatoms. The van der Waals surface area contributed by atoms with Gasteiger partial charge in [0.25, 0.3) is 0 Å². The van der Waals surface area contributed by atoms with Gasteiger partial charge < -0.3 is 5.11 Å². The topological polar surface area (TPSA) is 20.2 Å². The molecule has 0 radical (unpaired) electrons. The Labute approximate surface area is 63.4 Å². The summed E-state index contributed by atoms with van der Waals surface area (Å²) < 4.78 is 35.0. The van der Waals surface area contributed by atoms with Crippen LogP contribution in [0.1, 0.15) is 26.5 Å². The maximum atomic E-state index is 8.29. The summed E-state index contributed by atoms with van der Waals surface area (Å²) in [6.45, 7) is -2.91. The summed E-state index contributed by atoms with van der Waals surface area (Å²) in [7, 11) is 0. The van der Waals surface area contributed by atoms with Gasteiger partial charge in [-0.1, -0.05) is 30.8 Å². The molecule has 0 aliphatic heterocycles. The molecular formula is C8H12O. The summed E-state index contributed by atoms with van der Waals surface area (Å²) >= 11 is 0. The summed E-state index contributed by atoms with van der Waals surface area (Å²) in [6, 6.07) is 0. The number of aliphatic hydroxyl groups is 1. The Kier molecular flexibility index (Phi) is 2.34. The quantitative estimate of drug-likeness (QED) is 0.440. The SMILES string of the molecule is [2H]C([2H])([2H])C([2H])([2H])/C=C\CC#CCO. The van der Waals surface area contributed by atoms with Crippen molar-refractivity contribution in [3.8, 4) is 11.8 Å². The number of rotatable bonds is 2. The van der Waals surface area contributed by atoms with Crippen molar-refractivity contribution in [3.05, 3.63) is 12.2 Å². The Morgan fingerprint density at radius 1 is 1.67 bits per heavy atom. The first-order valence-electron chi connectivity index (χ1n) is 5.05. The Balaban J connectivity index is 4.23. The van der Waals surface area contributed by atoms with Gasteiger partial charge in [-0.05, 0) is 6.37 Å². The molecule has 0 saturated carbocycles. The highest BCUT2D eigenvalue weighted by molar-refractivity contribution is 5.04. The third-order valence-electron chi connectivity index (χ3n) is 0.625. The highest BCUT2D eigenvalue weighted by Gasteiger charge is 1.66. The summed E-state index contributed by atoms with van der Waals surface area (Å²) in [4.78, 5) is 0. The van der Waals surface area contributed by atoms with E-state index < -0.39 is 13.2 Å². The zero-order chi connectivity index (χ0) is 11.2. The minimum atomic E-state index is -2.66. The second-order valence-corrected chi connectivity index (χ2v) is 1.26. The van der Waals surface area contributed by atoms with Gasteiger partial charge in [0.1, 0.15) is 6.61 Å². The van der Waals surface area contributed by atoms with Crippen LogP contribution in [0, 0.1) is 11.8 Å². The van der Waals surface area contributed by atoms with Crippen molar-refractivity contribution in [2.45, 2.75) is 19.6 Å². The van der Waals surface area contributed by atoms with Crippen molar-refractivity contribution in [1.82, 2.24) is 0 Å². The van der Waals surface area contributed by atoms with Crippen molar-refractivity contribution >= 4 is 0 Å². The second-order valence-electron chi connectivity index (χ2n) is 1.26. The molecule has 0 saturated heterocycles. The normalized spacial score (nSPS) is 20.3. The van der Waals surface area contributed by atoms with Gasteiger partial charge in [-0.25, -0.2) is 0 Å². The second kappa shape index (κ2) is 7.26. The third-order valence-corrected chi connectivity index (χ3v) is 0.625. The molecule has 0 atom stereocenters. The van der Waals surface area contributed by atoms with E-state index in [1.807, 2.05) is 0 Å². The molecule has 50 valence electrons. The van der Waals surface area contributed by atoms with Crippen LogP contribution in [-0.2, 0) is 0 Å². The third kappa shape index (κ3) is 7.26. The molecule has 0 aliphatic carbocycles. The molecule has 0 aromatic carbocycles. The van der Waals surface area contributed by atoms with E-state index in [1.54, 1.807) is 0 Å². The molecule has 0 amide bonds. The zero-order valence-electron chi connectivity index (χ0n) is 10.0. The van der Waals surface area contributed by atoms with Gasteiger partial charge in [-0.2, -0.15) is 0 Å². The van der Waals surface area contributed by atoms with Crippen molar-refractivity contribution in [2.24, 2.45) is 0 Å². The van der Waals surface area contributed by atoms with Gasteiger partial charge >= 0.3 is 0 Å². The molecule has 1 N–H and O–H groups in total. The fraction of sp³-hybridized carbons (Fsp3) is 0.500. The van der Waals surface area contributed by atoms with Crippen LogP contribution >= 0.6 is 0 Å². The Morgan fingerprint density at radius 2 is 2.56 bits per heavy atom. The molecule has 0 bridgehead atoms. The van der Waals surface area contributed by atoms with Gasteiger partial charge in [0, 0.05) is 13.3 Å². The van der Waals surface area contributed by atoms with E-state index in [4.69, 9.17) is 12.0 Å². The minimum Gasteiger partial charge on any atom is -0.384 e. The van der Waals surface area contributed by atoms with E-state index in [0.717, 1.165) is 6.08 Å². The molecule has 0 fully saturated rings. The fourth-order valence-corrected chi connectivity index (χ4v) is 0.305. The Morgan fingerprint density at radius 3 is 3.22 bits per heavy atom. The van der Waals surface area contributed by atoms with Crippen LogP contribution in [-0.4, -0.2) is 11.7 Å². The minimum absolute atomic E-state index is 0.232. The van der Waals surface area contributed by atoms with Crippen molar-refractivity contribution in [2.75, 3.05) is 6.61 Å². The first kappa shape index (κ1) is 2.90. The number of aliphatic hydroxyl groups excluding tert-OH is 1. The lowest BCUT2D eigenvalue weighted by Gasteiger charge is -1.75. The fourth-order valence-electron chi connectivity index (χ4n) is 0.305. The molecule has 0 aromatic rings. The highest BCUT2D eigenvalue weighted by Crippen LogP contribution is 1.82. The first-order valence-corrected chi connectivity index (χ1v) is 2.55. The van der Waals surface area contributed by atoms with E-state index >= 15 is 0 Å². The molecule has 0 aromatic heterocycles. The van der Waals surface area contributed by atoms with Crippen LogP contribution in [0.4, 0.5) is 0 Å². The summed E-state index contributed by atoms with van der Waals surface area (Å²) in [6.07, 6.45) is 0.227. The predicted octanol–water partition coefficient (Wildman–Crippen LogP) is 1.34. The van der Waals surface area contributed by atoms with E-state index in [1.165, 1.54) is 6.08 Å². The monoisotopic (exact) mass is 129 g/mol. The van der Waals surface area contributed by atoms with Gasteiger partial charge in [-0.15, -0.1) is 0 Å². The van der Waals surface area contributed by atoms with Crippen LogP contribution < -0.4 is 0 Å². The largest absolute Gasteiger partial charge is 0.384 e. The van der Waals surface area contributed by atoms with E-state index in [-0.39, 0.29) is 13.0 Å². The number of allylic oxidation sites excluding steroid dienone is 2. The summed E-state index contributed by atoms with van der Waals surface area (Å²) in [5.41, 5.74) is 0. The van der Waals surface area contributed by atoms with E-state index in [0.29, 0.717) is 0 Å². The molecule has 0 rings (SSSR count). The van der Waals surface area contributed by atoms with Gasteiger partial charge in [0.15, 0.2) is 0 Å². The first-order chi connectivity index (χ1) is 6.31. The number of hydrogen-bond acceptors (Lipinski definition) is 1. The lowest BCUT2D eigenvalue weighted by Crippen LogP contribution is -1.69. The van der Waals surface area contributed by atoms with Crippen LogP contribution in [0.5, 0.6) is 0 Å². The lowest BCUT2D eigenvalue weighted by atomic mass is 10.3. The lowest BCUT2D eigenvalue weighted by molar-refractivity contribution is 0.350. The van der Waals surface area contributed by atoms with Crippen LogP contribution in [0.15, 0.2) is 12.2 Å². The standard InChI is InChI=1S/C8H12O/c1-2-3-4-5-6-7-8-9/h3-4,9H,2,5,8H2,1H3/b4-3-/i1D3,2D2. The van der Waals surface area contributed by atoms with Crippen molar-refractivity contribution in [1.29, 1.82) is 0 Å². The molecule has 1 nitrogen and oxygen atoms in total.